The van der Waals surface area contributed by atoms with Gasteiger partial charge in [-0.15, -0.1) is 0 Å². The van der Waals surface area contributed by atoms with Crippen LogP contribution in [0.4, 0.5) is 4.79 Å². The lowest BCUT2D eigenvalue weighted by atomic mass is 9.99. The molecule has 1 aliphatic heterocycles. The first kappa shape index (κ1) is 15.1. The minimum Gasteiger partial charge on any atom is -0.396 e. The number of nitrogens with zero attached hydrogens (tertiary/aromatic N) is 1. The van der Waals surface area contributed by atoms with Crippen LogP contribution >= 0.6 is 11.6 Å². The molecule has 0 spiro atoms. The van der Waals surface area contributed by atoms with Crippen molar-refractivity contribution in [3.8, 4) is 0 Å². The van der Waals surface area contributed by atoms with E-state index in [1.54, 1.807) is 4.90 Å². The van der Waals surface area contributed by atoms with Crippen LogP contribution < -0.4 is 5.32 Å². The molecule has 0 aromatic heterocycles. The van der Waals surface area contributed by atoms with Gasteiger partial charge in [0.2, 0.25) is 0 Å². The average Bonchev–Trinajstić information content (AvgIpc) is 2.47. The van der Waals surface area contributed by atoms with Crippen LogP contribution in [-0.2, 0) is 6.42 Å². The number of likely N-dealkylation sites (tertiary alicyclic amines) is 1. The first-order valence-electron chi connectivity index (χ1n) is 7.07. The number of hydrogen-bond donors (Lipinski definition) is 2. The Morgan fingerprint density at radius 2 is 2.35 bits per heavy atom. The summed E-state index contributed by atoms with van der Waals surface area (Å²) in [5.41, 5.74) is 1.12. The summed E-state index contributed by atoms with van der Waals surface area (Å²) in [5, 5.41) is 12.8. The number of carbonyl (C=O) groups excluding carboxylic acids is 1. The van der Waals surface area contributed by atoms with Crippen molar-refractivity contribution in [1.82, 2.24) is 10.2 Å². The van der Waals surface area contributed by atoms with Crippen molar-refractivity contribution < 1.29 is 9.90 Å². The van der Waals surface area contributed by atoms with Gasteiger partial charge in [0.25, 0.3) is 0 Å². The number of aliphatic hydroxyl groups excluding tert-OH is 1. The maximum atomic E-state index is 12.0. The van der Waals surface area contributed by atoms with E-state index in [0.29, 0.717) is 13.1 Å². The molecule has 0 aliphatic carbocycles. The first-order chi connectivity index (χ1) is 9.69. The van der Waals surface area contributed by atoms with Crippen LogP contribution in [0.25, 0.3) is 0 Å². The van der Waals surface area contributed by atoms with Gasteiger partial charge in [0.15, 0.2) is 0 Å². The molecule has 2 rings (SSSR count). The Bertz CT molecular complexity index is 453. The lowest BCUT2D eigenvalue weighted by molar-refractivity contribution is 0.129. The molecule has 1 aliphatic rings. The molecule has 5 heteroatoms. The summed E-state index contributed by atoms with van der Waals surface area (Å²) < 4.78 is 0. The second-order valence-corrected chi connectivity index (χ2v) is 5.69. The molecule has 110 valence electrons. The molecule has 2 amide bonds. The Hall–Kier alpha value is -1.26. The Morgan fingerprint density at radius 1 is 1.50 bits per heavy atom. The molecule has 1 saturated heterocycles. The van der Waals surface area contributed by atoms with Gasteiger partial charge in [0.05, 0.1) is 0 Å². The third-order valence-electron chi connectivity index (χ3n) is 3.64. The molecule has 1 aromatic carbocycles. The first-order valence-corrected chi connectivity index (χ1v) is 7.45. The van der Waals surface area contributed by atoms with Crippen molar-refractivity contribution in [2.75, 3.05) is 26.2 Å². The highest BCUT2D eigenvalue weighted by molar-refractivity contribution is 6.30. The van der Waals surface area contributed by atoms with Gasteiger partial charge in [-0.1, -0.05) is 23.7 Å². The summed E-state index contributed by atoms with van der Waals surface area (Å²) >= 11 is 5.92. The average molecular weight is 297 g/mol. The van der Waals surface area contributed by atoms with Gasteiger partial charge in [-0.25, -0.2) is 4.79 Å². The Morgan fingerprint density at radius 3 is 3.10 bits per heavy atom. The van der Waals surface area contributed by atoms with E-state index in [1.165, 1.54) is 0 Å². The largest absolute Gasteiger partial charge is 0.396 e. The van der Waals surface area contributed by atoms with Gasteiger partial charge >= 0.3 is 6.03 Å². The molecule has 0 saturated carbocycles. The zero-order chi connectivity index (χ0) is 14.4. The summed E-state index contributed by atoms with van der Waals surface area (Å²) in [4.78, 5) is 13.8. The van der Waals surface area contributed by atoms with Crippen LogP contribution in [0, 0.1) is 5.92 Å². The van der Waals surface area contributed by atoms with Gasteiger partial charge in [-0.2, -0.15) is 0 Å². The van der Waals surface area contributed by atoms with Gasteiger partial charge in [-0.05, 0) is 42.9 Å². The highest BCUT2D eigenvalue weighted by Crippen LogP contribution is 2.15. The second kappa shape index (κ2) is 7.50. The number of rotatable bonds is 4. The quantitative estimate of drug-likeness (QED) is 0.896. The van der Waals surface area contributed by atoms with E-state index in [2.05, 4.69) is 5.32 Å². The van der Waals surface area contributed by atoms with E-state index in [-0.39, 0.29) is 18.6 Å². The number of benzene rings is 1. The number of urea groups is 1. The molecule has 4 nitrogen and oxygen atoms in total. The van der Waals surface area contributed by atoms with Crippen LogP contribution in [0.2, 0.25) is 5.02 Å². The number of halogens is 1. The van der Waals surface area contributed by atoms with Gasteiger partial charge < -0.3 is 15.3 Å². The van der Waals surface area contributed by atoms with Gasteiger partial charge in [0.1, 0.15) is 0 Å². The van der Waals surface area contributed by atoms with E-state index >= 15 is 0 Å². The standard InChI is InChI=1S/C15H21ClN2O2/c16-14-5-1-3-12(9-14)6-7-17-15(20)18-8-2-4-13(10-18)11-19/h1,3,5,9,13,19H,2,4,6-8,10-11H2,(H,17,20). The number of piperidine rings is 1. The molecule has 0 radical (unpaired) electrons. The van der Waals surface area contributed by atoms with Crippen molar-refractivity contribution in [3.63, 3.8) is 0 Å². The van der Waals surface area contributed by atoms with Crippen molar-refractivity contribution >= 4 is 17.6 Å². The molecular formula is C15H21ClN2O2. The molecule has 2 N–H and O–H groups in total. The third kappa shape index (κ3) is 4.39. The van der Waals surface area contributed by atoms with E-state index in [4.69, 9.17) is 11.6 Å². The number of amides is 2. The van der Waals surface area contributed by atoms with Crippen LogP contribution in [0.5, 0.6) is 0 Å². The van der Waals surface area contributed by atoms with Crippen LogP contribution in [-0.4, -0.2) is 42.3 Å². The highest BCUT2D eigenvalue weighted by atomic mass is 35.5. The summed E-state index contributed by atoms with van der Waals surface area (Å²) in [6, 6.07) is 7.63. The van der Waals surface area contributed by atoms with E-state index < -0.39 is 0 Å². The fraction of sp³-hybridized carbons (Fsp3) is 0.533. The summed E-state index contributed by atoms with van der Waals surface area (Å²) in [5.74, 6) is 0.224. The van der Waals surface area contributed by atoms with E-state index in [1.807, 2.05) is 24.3 Å². The van der Waals surface area contributed by atoms with Gasteiger partial charge in [0, 0.05) is 31.3 Å². The minimum atomic E-state index is -0.0369. The Kier molecular flexibility index (Phi) is 5.68. The van der Waals surface area contributed by atoms with Gasteiger partial charge in [-0.3, -0.25) is 0 Å². The summed E-state index contributed by atoms with van der Waals surface area (Å²) in [6.45, 7) is 2.19. The maximum Gasteiger partial charge on any atom is 0.317 e. The topological polar surface area (TPSA) is 52.6 Å². The van der Waals surface area contributed by atoms with Crippen molar-refractivity contribution in [2.45, 2.75) is 19.3 Å². The summed E-state index contributed by atoms with van der Waals surface area (Å²) in [6.07, 6.45) is 2.74. The highest BCUT2D eigenvalue weighted by Gasteiger charge is 2.22. The number of aliphatic hydroxyl groups is 1. The number of hydrogen-bond acceptors (Lipinski definition) is 2. The zero-order valence-electron chi connectivity index (χ0n) is 11.5. The zero-order valence-corrected chi connectivity index (χ0v) is 12.3. The maximum absolute atomic E-state index is 12.0. The third-order valence-corrected chi connectivity index (χ3v) is 3.88. The molecule has 0 bridgehead atoms. The smallest absolute Gasteiger partial charge is 0.317 e. The van der Waals surface area contributed by atoms with Crippen molar-refractivity contribution in [1.29, 1.82) is 0 Å². The monoisotopic (exact) mass is 296 g/mol. The lowest BCUT2D eigenvalue weighted by Gasteiger charge is -2.31. The predicted octanol–water partition coefficient (Wildman–Crippen LogP) is 2.30. The van der Waals surface area contributed by atoms with Crippen LogP contribution in [0.15, 0.2) is 24.3 Å². The van der Waals surface area contributed by atoms with Crippen molar-refractivity contribution in [2.24, 2.45) is 5.92 Å². The molecule has 1 heterocycles. The van der Waals surface area contributed by atoms with E-state index in [9.17, 15) is 9.90 Å². The second-order valence-electron chi connectivity index (χ2n) is 5.25. The number of carbonyl (C=O) groups is 1. The molecule has 1 aromatic rings. The van der Waals surface area contributed by atoms with E-state index in [0.717, 1.165) is 36.4 Å². The molecule has 1 fully saturated rings. The SMILES string of the molecule is O=C(NCCc1cccc(Cl)c1)N1CCCC(CO)C1. The molecular weight excluding hydrogens is 276 g/mol. The Balaban J connectivity index is 1.75. The predicted molar refractivity (Wildman–Crippen MR) is 79.9 cm³/mol. The van der Waals surface area contributed by atoms with Crippen LogP contribution in [0.1, 0.15) is 18.4 Å². The van der Waals surface area contributed by atoms with Crippen molar-refractivity contribution in [3.05, 3.63) is 34.9 Å². The normalized spacial score (nSPS) is 18.9. The summed E-state index contributed by atoms with van der Waals surface area (Å²) in [7, 11) is 0. The molecule has 1 atom stereocenters. The lowest BCUT2D eigenvalue weighted by Crippen LogP contribution is -2.46. The molecule has 1 unspecified atom stereocenters. The fourth-order valence-corrected chi connectivity index (χ4v) is 2.73. The fourth-order valence-electron chi connectivity index (χ4n) is 2.52. The van der Waals surface area contributed by atoms with Crippen LogP contribution in [0.3, 0.4) is 0 Å². The minimum absolute atomic E-state index is 0.0369. The number of nitrogens with one attached hydrogen (secondary N) is 1. The Labute approximate surface area is 124 Å². The molecule has 20 heavy (non-hydrogen) atoms.